The fourth-order valence-electron chi connectivity index (χ4n) is 3.05. The summed E-state index contributed by atoms with van der Waals surface area (Å²) in [6.45, 7) is 4.45. The van der Waals surface area contributed by atoms with Crippen LogP contribution < -0.4 is 0 Å². The van der Waals surface area contributed by atoms with Gasteiger partial charge in [0.15, 0.2) is 0 Å². The second kappa shape index (κ2) is 9.83. The predicted molar refractivity (Wildman–Crippen MR) is 109 cm³/mol. The van der Waals surface area contributed by atoms with Gasteiger partial charge in [0.2, 0.25) is 0 Å². The van der Waals surface area contributed by atoms with Gasteiger partial charge in [-0.25, -0.2) is 0 Å². The van der Waals surface area contributed by atoms with Gasteiger partial charge < -0.3 is 5.11 Å². The third kappa shape index (κ3) is 5.14. The SMILES string of the molecule is C=CC(ON(Cc1ccccc1)[C@@H](CO)c1ccccc1)c1ccccc1. The zero-order chi connectivity index (χ0) is 18.9. The Bertz CT molecular complexity index is 806. The van der Waals surface area contributed by atoms with Crippen LogP contribution in [-0.4, -0.2) is 16.8 Å². The number of hydroxylamine groups is 2. The Hall–Kier alpha value is -2.72. The molecule has 27 heavy (non-hydrogen) atoms. The second-order valence-electron chi connectivity index (χ2n) is 6.34. The van der Waals surface area contributed by atoms with E-state index >= 15 is 0 Å². The molecule has 3 nitrogen and oxygen atoms in total. The van der Waals surface area contributed by atoms with Crippen LogP contribution in [0.15, 0.2) is 104 Å². The molecule has 0 aromatic heterocycles. The lowest BCUT2D eigenvalue weighted by Gasteiger charge is -2.32. The van der Waals surface area contributed by atoms with Gasteiger partial charge in [0, 0.05) is 6.54 Å². The number of benzene rings is 3. The highest BCUT2D eigenvalue weighted by Crippen LogP contribution is 2.28. The normalized spacial score (nSPS) is 13.3. The van der Waals surface area contributed by atoms with E-state index in [0.717, 1.165) is 16.7 Å². The molecule has 1 N–H and O–H groups in total. The van der Waals surface area contributed by atoms with Crippen LogP contribution in [0.3, 0.4) is 0 Å². The minimum absolute atomic E-state index is 0.0461. The Morgan fingerprint density at radius 3 is 1.85 bits per heavy atom. The average molecular weight is 359 g/mol. The van der Waals surface area contributed by atoms with Crippen molar-refractivity contribution in [1.29, 1.82) is 0 Å². The van der Waals surface area contributed by atoms with Gasteiger partial charge in [-0.15, -0.1) is 6.58 Å². The molecule has 1 unspecified atom stereocenters. The second-order valence-corrected chi connectivity index (χ2v) is 6.34. The number of hydrogen-bond donors (Lipinski definition) is 1. The van der Waals surface area contributed by atoms with Crippen molar-refractivity contribution in [3.05, 3.63) is 120 Å². The first kappa shape index (κ1) is 19.1. The van der Waals surface area contributed by atoms with Crippen LogP contribution in [0.1, 0.15) is 28.8 Å². The van der Waals surface area contributed by atoms with Gasteiger partial charge in [-0.3, -0.25) is 4.84 Å². The third-order valence-corrected chi connectivity index (χ3v) is 4.48. The molecule has 0 fully saturated rings. The summed E-state index contributed by atoms with van der Waals surface area (Å²) >= 11 is 0. The summed E-state index contributed by atoms with van der Waals surface area (Å²) in [5, 5.41) is 12.0. The van der Waals surface area contributed by atoms with Crippen molar-refractivity contribution < 1.29 is 9.94 Å². The quantitative estimate of drug-likeness (QED) is 0.427. The highest BCUT2D eigenvalue weighted by Gasteiger charge is 2.24. The third-order valence-electron chi connectivity index (χ3n) is 4.48. The van der Waals surface area contributed by atoms with Crippen LogP contribution in [0, 0.1) is 0 Å². The molecule has 0 aliphatic heterocycles. The zero-order valence-corrected chi connectivity index (χ0v) is 15.3. The van der Waals surface area contributed by atoms with E-state index in [-0.39, 0.29) is 18.8 Å². The lowest BCUT2D eigenvalue weighted by Crippen LogP contribution is -2.32. The predicted octanol–water partition coefficient (Wildman–Crippen LogP) is 5.08. The minimum Gasteiger partial charge on any atom is -0.394 e. The molecular weight excluding hydrogens is 334 g/mol. The van der Waals surface area contributed by atoms with E-state index in [1.54, 1.807) is 6.08 Å². The molecule has 0 bridgehead atoms. The maximum Gasteiger partial charge on any atom is 0.122 e. The van der Waals surface area contributed by atoms with Crippen molar-refractivity contribution in [1.82, 2.24) is 5.06 Å². The minimum atomic E-state index is -0.298. The molecule has 0 saturated heterocycles. The lowest BCUT2D eigenvalue weighted by atomic mass is 10.1. The summed E-state index contributed by atoms with van der Waals surface area (Å²) in [4.78, 5) is 6.35. The van der Waals surface area contributed by atoms with Crippen molar-refractivity contribution in [3.63, 3.8) is 0 Å². The van der Waals surface area contributed by atoms with Crippen molar-refractivity contribution in [2.75, 3.05) is 6.61 Å². The standard InChI is InChI=1S/C24H25NO2/c1-2-24(22-16-10-5-11-17-22)27-25(18-20-12-6-3-7-13-20)23(19-26)21-14-8-4-9-15-21/h2-17,23-24,26H,1,18-19H2/t23-,24?/m0/s1. The van der Waals surface area contributed by atoms with Gasteiger partial charge in [0.25, 0.3) is 0 Å². The monoisotopic (exact) mass is 359 g/mol. The van der Waals surface area contributed by atoms with Crippen molar-refractivity contribution >= 4 is 0 Å². The molecule has 0 aliphatic carbocycles. The average Bonchev–Trinajstić information content (AvgIpc) is 2.74. The number of aliphatic hydroxyl groups is 1. The van der Waals surface area contributed by atoms with E-state index < -0.39 is 0 Å². The summed E-state index contributed by atoms with van der Waals surface area (Å²) in [5.74, 6) is 0. The maximum absolute atomic E-state index is 10.1. The summed E-state index contributed by atoms with van der Waals surface area (Å²) in [5.41, 5.74) is 3.14. The molecule has 0 aliphatic rings. The van der Waals surface area contributed by atoms with Crippen molar-refractivity contribution in [2.45, 2.75) is 18.7 Å². The molecule has 0 amide bonds. The van der Waals surface area contributed by atoms with E-state index in [4.69, 9.17) is 4.84 Å². The molecule has 0 radical (unpaired) electrons. The molecule has 3 aromatic rings. The molecule has 2 atom stereocenters. The van der Waals surface area contributed by atoms with E-state index in [9.17, 15) is 5.11 Å². The molecule has 3 rings (SSSR count). The summed E-state index contributed by atoms with van der Waals surface area (Å²) in [6, 6.07) is 29.7. The summed E-state index contributed by atoms with van der Waals surface area (Å²) in [6.07, 6.45) is 1.49. The first-order valence-electron chi connectivity index (χ1n) is 9.12. The highest BCUT2D eigenvalue weighted by atomic mass is 16.7. The molecule has 0 saturated carbocycles. The largest absolute Gasteiger partial charge is 0.394 e. The van der Waals surface area contributed by atoms with Gasteiger partial charge >= 0.3 is 0 Å². The van der Waals surface area contributed by atoms with Gasteiger partial charge in [0.1, 0.15) is 6.10 Å². The van der Waals surface area contributed by atoms with Crippen LogP contribution in [0.4, 0.5) is 0 Å². The fourth-order valence-corrected chi connectivity index (χ4v) is 3.05. The topological polar surface area (TPSA) is 32.7 Å². The van der Waals surface area contributed by atoms with E-state index in [1.807, 2.05) is 83.9 Å². The fraction of sp³-hybridized carbons (Fsp3) is 0.167. The maximum atomic E-state index is 10.1. The van der Waals surface area contributed by atoms with E-state index in [2.05, 4.69) is 18.7 Å². The Labute approximate surface area is 161 Å². The Kier molecular flexibility index (Phi) is 6.94. The van der Waals surface area contributed by atoms with Crippen LogP contribution >= 0.6 is 0 Å². The van der Waals surface area contributed by atoms with Gasteiger partial charge in [-0.2, -0.15) is 5.06 Å². The lowest BCUT2D eigenvalue weighted by molar-refractivity contribution is -0.226. The molecule has 3 heteroatoms. The Morgan fingerprint density at radius 2 is 1.33 bits per heavy atom. The van der Waals surface area contributed by atoms with Crippen LogP contribution in [0.2, 0.25) is 0 Å². The van der Waals surface area contributed by atoms with Crippen LogP contribution in [0.5, 0.6) is 0 Å². The summed E-state index contributed by atoms with van der Waals surface area (Å²) < 4.78 is 0. The smallest absolute Gasteiger partial charge is 0.122 e. The number of hydrogen-bond acceptors (Lipinski definition) is 3. The first-order valence-corrected chi connectivity index (χ1v) is 9.12. The van der Waals surface area contributed by atoms with E-state index in [1.165, 1.54) is 0 Å². The van der Waals surface area contributed by atoms with Crippen molar-refractivity contribution in [3.8, 4) is 0 Å². The van der Waals surface area contributed by atoms with Crippen molar-refractivity contribution in [2.24, 2.45) is 0 Å². The molecular formula is C24H25NO2. The highest BCUT2D eigenvalue weighted by molar-refractivity contribution is 5.22. The molecule has 0 heterocycles. The van der Waals surface area contributed by atoms with Gasteiger partial charge in [-0.1, -0.05) is 97.1 Å². The number of rotatable bonds is 9. The van der Waals surface area contributed by atoms with E-state index in [0.29, 0.717) is 6.54 Å². The van der Waals surface area contributed by atoms with Crippen LogP contribution in [-0.2, 0) is 11.4 Å². The number of nitrogens with zero attached hydrogens (tertiary/aromatic N) is 1. The molecule has 138 valence electrons. The summed E-state index contributed by atoms with van der Waals surface area (Å²) in [7, 11) is 0. The van der Waals surface area contributed by atoms with Gasteiger partial charge in [-0.05, 0) is 16.7 Å². The van der Waals surface area contributed by atoms with Gasteiger partial charge in [0.05, 0.1) is 12.6 Å². The number of aliphatic hydroxyl groups excluding tert-OH is 1. The Balaban J connectivity index is 1.90. The van der Waals surface area contributed by atoms with Crippen LogP contribution in [0.25, 0.3) is 0 Å². The zero-order valence-electron chi connectivity index (χ0n) is 15.3. The Morgan fingerprint density at radius 1 is 0.815 bits per heavy atom. The molecule has 0 spiro atoms. The first-order chi connectivity index (χ1) is 13.3. The molecule has 3 aromatic carbocycles.